The molecule has 114 valence electrons. The average molecular weight is 303 g/mol. The summed E-state index contributed by atoms with van der Waals surface area (Å²) in [6.07, 6.45) is 4.10. The summed E-state index contributed by atoms with van der Waals surface area (Å²) in [6, 6.07) is 5.77. The van der Waals surface area contributed by atoms with Crippen LogP contribution in [0.5, 0.6) is 11.5 Å². The fourth-order valence-corrected chi connectivity index (χ4v) is 1.85. The molecule has 0 spiro atoms. The average Bonchev–Trinajstić information content (AvgIpc) is 3.04. The summed E-state index contributed by atoms with van der Waals surface area (Å²) in [7, 11) is 2.75. The van der Waals surface area contributed by atoms with Crippen LogP contribution in [0.15, 0.2) is 41.0 Å². The number of methoxy groups -OCH3 is 2. The van der Waals surface area contributed by atoms with Gasteiger partial charge in [0.15, 0.2) is 17.3 Å². The summed E-state index contributed by atoms with van der Waals surface area (Å²) >= 11 is 0. The molecule has 0 saturated heterocycles. The second-order valence-corrected chi connectivity index (χ2v) is 4.19. The Morgan fingerprint density at radius 2 is 1.95 bits per heavy atom. The number of nitrogens with zero attached hydrogens (tertiary/aromatic N) is 1. The van der Waals surface area contributed by atoms with E-state index in [-0.39, 0.29) is 22.7 Å². The number of carbonyl (C=O) groups excluding carboxylic acids is 1. The molecule has 7 heteroatoms. The minimum atomic E-state index is -0.643. The molecule has 0 amide bonds. The van der Waals surface area contributed by atoms with Gasteiger partial charge in [-0.05, 0) is 24.3 Å². The molecular weight excluding hydrogens is 290 g/mol. The molecule has 0 unspecified atom stereocenters. The highest BCUT2D eigenvalue weighted by atomic mass is 16.6. The lowest BCUT2D eigenvalue weighted by molar-refractivity contribution is -0.385. The van der Waals surface area contributed by atoms with Crippen molar-refractivity contribution in [2.75, 3.05) is 14.2 Å². The Labute approximate surface area is 125 Å². The second-order valence-electron chi connectivity index (χ2n) is 4.19. The molecule has 0 N–H and O–H groups in total. The van der Waals surface area contributed by atoms with E-state index in [1.807, 2.05) is 0 Å². The molecule has 0 radical (unpaired) electrons. The van der Waals surface area contributed by atoms with Crippen LogP contribution < -0.4 is 9.47 Å². The lowest BCUT2D eigenvalue weighted by Gasteiger charge is -2.09. The highest BCUT2D eigenvalue weighted by molar-refractivity contribution is 6.09. The minimum absolute atomic E-state index is 0.0922. The molecule has 22 heavy (non-hydrogen) atoms. The third-order valence-corrected chi connectivity index (χ3v) is 2.91. The van der Waals surface area contributed by atoms with Crippen LogP contribution in [-0.4, -0.2) is 24.9 Å². The summed E-state index contributed by atoms with van der Waals surface area (Å²) in [5.41, 5.74) is -0.447. The zero-order valence-electron chi connectivity index (χ0n) is 11.9. The summed E-state index contributed by atoms with van der Waals surface area (Å²) < 4.78 is 15.1. The summed E-state index contributed by atoms with van der Waals surface area (Å²) in [4.78, 5) is 22.7. The Hall–Kier alpha value is -3.09. The molecule has 2 aromatic rings. The number of nitro groups is 1. The predicted molar refractivity (Wildman–Crippen MR) is 78.3 cm³/mol. The van der Waals surface area contributed by atoms with Crippen molar-refractivity contribution in [3.05, 3.63) is 58.0 Å². The molecule has 1 aromatic carbocycles. The number of benzene rings is 1. The largest absolute Gasteiger partial charge is 0.493 e. The monoisotopic (exact) mass is 303 g/mol. The number of hydrogen-bond acceptors (Lipinski definition) is 6. The molecule has 0 atom stereocenters. The van der Waals surface area contributed by atoms with E-state index in [0.717, 1.165) is 6.07 Å². The molecule has 1 aromatic heterocycles. The Morgan fingerprint density at radius 3 is 2.50 bits per heavy atom. The highest BCUT2D eigenvalue weighted by Gasteiger charge is 2.23. The van der Waals surface area contributed by atoms with Gasteiger partial charge in [0.05, 0.1) is 31.5 Å². The first kappa shape index (κ1) is 15.3. The van der Waals surface area contributed by atoms with Gasteiger partial charge in [-0.15, -0.1) is 0 Å². The van der Waals surface area contributed by atoms with Crippen molar-refractivity contribution in [2.45, 2.75) is 0 Å². The summed E-state index contributed by atoms with van der Waals surface area (Å²) in [5, 5.41) is 11.1. The number of ether oxygens (including phenoxy) is 2. The maximum Gasteiger partial charge on any atom is 0.284 e. The number of nitro benzene ring substituents is 1. The van der Waals surface area contributed by atoms with Gasteiger partial charge < -0.3 is 13.9 Å². The van der Waals surface area contributed by atoms with E-state index in [4.69, 9.17) is 13.9 Å². The second kappa shape index (κ2) is 6.57. The molecule has 2 rings (SSSR count). The maximum absolute atomic E-state index is 12.2. The van der Waals surface area contributed by atoms with Crippen molar-refractivity contribution in [1.29, 1.82) is 0 Å². The lowest BCUT2D eigenvalue weighted by atomic mass is 10.1. The fourth-order valence-electron chi connectivity index (χ4n) is 1.85. The van der Waals surface area contributed by atoms with Crippen LogP contribution in [0, 0.1) is 10.1 Å². The van der Waals surface area contributed by atoms with Gasteiger partial charge in [-0.2, -0.15) is 0 Å². The quantitative estimate of drug-likeness (QED) is 0.352. The van der Waals surface area contributed by atoms with Gasteiger partial charge in [-0.3, -0.25) is 14.9 Å². The first-order chi connectivity index (χ1) is 10.6. The number of furan rings is 1. The molecular formula is C15H13NO6. The van der Waals surface area contributed by atoms with Crippen LogP contribution in [0.2, 0.25) is 0 Å². The Kier molecular flexibility index (Phi) is 4.57. The van der Waals surface area contributed by atoms with E-state index < -0.39 is 10.7 Å². The Morgan fingerprint density at radius 1 is 1.27 bits per heavy atom. The highest BCUT2D eigenvalue weighted by Crippen LogP contribution is 2.34. The van der Waals surface area contributed by atoms with Crippen LogP contribution in [-0.2, 0) is 0 Å². The molecule has 0 aliphatic carbocycles. The van der Waals surface area contributed by atoms with Crippen LogP contribution in [0.25, 0.3) is 6.08 Å². The Balaban J connectivity index is 2.43. The van der Waals surface area contributed by atoms with Gasteiger partial charge in [0.25, 0.3) is 5.69 Å². The lowest BCUT2D eigenvalue weighted by Crippen LogP contribution is -2.03. The van der Waals surface area contributed by atoms with Gasteiger partial charge in [0.2, 0.25) is 0 Å². The van der Waals surface area contributed by atoms with E-state index in [2.05, 4.69) is 0 Å². The van der Waals surface area contributed by atoms with E-state index in [9.17, 15) is 14.9 Å². The van der Waals surface area contributed by atoms with Gasteiger partial charge in [-0.25, -0.2) is 0 Å². The fraction of sp³-hybridized carbons (Fsp3) is 0.133. The zero-order chi connectivity index (χ0) is 16.1. The van der Waals surface area contributed by atoms with Crippen molar-refractivity contribution in [2.24, 2.45) is 0 Å². The van der Waals surface area contributed by atoms with Crippen LogP contribution in [0.3, 0.4) is 0 Å². The molecule has 0 saturated carbocycles. The molecule has 0 aliphatic rings. The number of carbonyl (C=O) groups is 1. The topological polar surface area (TPSA) is 91.8 Å². The molecule has 7 nitrogen and oxygen atoms in total. The number of ketones is 1. The van der Waals surface area contributed by atoms with E-state index >= 15 is 0 Å². The minimum Gasteiger partial charge on any atom is -0.493 e. The van der Waals surface area contributed by atoms with Crippen molar-refractivity contribution in [1.82, 2.24) is 0 Å². The number of hydrogen-bond donors (Lipinski definition) is 0. The van der Waals surface area contributed by atoms with Crippen molar-refractivity contribution in [3.8, 4) is 11.5 Å². The number of rotatable bonds is 6. The van der Waals surface area contributed by atoms with Gasteiger partial charge in [-0.1, -0.05) is 0 Å². The van der Waals surface area contributed by atoms with Crippen molar-refractivity contribution < 1.29 is 23.6 Å². The molecule has 0 bridgehead atoms. The van der Waals surface area contributed by atoms with Crippen LogP contribution in [0.4, 0.5) is 5.69 Å². The van der Waals surface area contributed by atoms with Gasteiger partial charge in [0.1, 0.15) is 11.3 Å². The molecule has 1 heterocycles. The van der Waals surface area contributed by atoms with E-state index in [0.29, 0.717) is 5.76 Å². The SMILES string of the molecule is COc1cc(C(=O)/C=C/c2ccco2)c([N+](=O)[O-])cc1OC. The summed E-state index contributed by atoms with van der Waals surface area (Å²) in [6.45, 7) is 0. The first-order valence-electron chi connectivity index (χ1n) is 6.23. The van der Waals surface area contributed by atoms with E-state index in [1.54, 1.807) is 12.1 Å². The predicted octanol–water partition coefficient (Wildman–Crippen LogP) is 3.10. The van der Waals surface area contributed by atoms with Crippen molar-refractivity contribution >= 4 is 17.5 Å². The van der Waals surface area contributed by atoms with Crippen LogP contribution in [0.1, 0.15) is 16.1 Å². The molecule has 0 fully saturated rings. The first-order valence-corrected chi connectivity index (χ1v) is 6.23. The summed E-state index contributed by atoms with van der Waals surface area (Å²) in [5.74, 6) is 0.351. The Bertz CT molecular complexity index is 718. The van der Waals surface area contributed by atoms with Crippen LogP contribution >= 0.6 is 0 Å². The third-order valence-electron chi connectivity index (χ3n) is 2.91. The normalized spacial score (nSPS) is 10.6. The van der Waals surface area contributed by atoms with Crippen molar-refractivity contribution in [3.63, 3.8) is 0 Å². The number of allylic oxidation sites excluding steroid dienone is 1. The van der Waals surface area contributed by atoms with Gasteiger partial charge in [0, 0.05) is 6.07 Å². The standard InChI is InChI=1S/C15H13NO6/c1-20-14-8-11(12(16(18)19)9-15(14)21-2)13(17)6-5-10-4-3-7-22-10/h3-9H,1-2H3/b6-5+. The smallest absolute Gasteiger partial charge is 0.284 e. The van der Waals surface area contributed by atoms with Gasteiger partial charge >= 0.3 is 0 Å². The maximum atomic E-state index is 12.2. The van der Waals surface area contributed by atoms with E-state index in [1.165, 1.54) is 38.7 Å². The third kappa shape index (κ3) is 3.14. The zero-order valence-corrected chi connectivity index (χ0v) is 11.9. The molecule has 0 aliphatic heterocycles.